The molecule has 8 nitrogen and oxygen atoms in total. The van der Waals surface area contributed by atoms with Gasteiger partial charge in [-0.25, -0.2) is 18.4 Å². The maximum Gasteiger partial charge on any atom is 0.229 e. The topological polar surface area (TPSA) is 92.6 Å². The third kappa shape index (κ3) is 4.86. The highest BCUT2D eigenvalue weighted by molar-refractivity contribution is 5.62. The van der Waals surface area contributed by atoms with Crippen molar-refractivity contribution in [2.75, 3.05) is 10.6 Å². The number of piperidine rings is 1. The molecule has 3 heterocycles. The van der Waals surface area contributed by atoms with Gasteiger partial charge in [-0.1, -0.05) is 5.21 Å². The number of benzene rings is 1. The van der Waals surface area contributed by atoms with E-state index in [9.17, 15) is 4.39 Å². The number of hydrogen-bond acceptors (Lipinski definition) is 7. The van der Waals surface area contributed by atoms with E-state index in [2.05, 4.69) is 63.9 Å². The second-order valence-corrected chi connectivity index (χ2v) is 10.7. The Morgan fingerprint density at radius 2 is 1.79 bits per heavy atom. The van der Waals surface area contributed by atoms with Crippen molar-refractivity contribution in [2.45, 2.75) is 76.4 Å². The van der Waals surface area contributed by atoms with Crippen LogP contribution in [0.15, 0.2) is 30.7 Å². The van der Waals surface area contributed by atoms with Crippen molar-refractivity contribution in [3.63, 3.8) is 0 Å². The first-order valence-electron chi connectivity index (χ1n) is 11.6. The Labute approximate surface area is 197 Å². The summed E-state index contributed by atoms with van der Waals surface area (Å²) in [5.41, 5.74) is 1.63. The molecule has 3 N–H and O–H groups in total. The van der Waals surface area contributed by atoms with Gasteiger partial charge in [0.25, 0.3) is 0 Å². The third-order valence-corrected chi connectivity index (χ3v) is 6.32. The van der Waals surface area contributed by atoms with Gasteiger partial charge in [0.15, 0.2) is 11.6 Å². The predicted molar refractivity (Wildman–Crippen MR) is 127 cm³/mol. The first kappa shape index (κ1) is 22.6. The summed E-state index contributed by atoms with van der Waals surface area (Å²) in [5, 5.41) is 17.7. The highest BCUT2D eigenvalue weighted by Crippen LogP contribution is 2.44. The molecule has 3 aromatic rings. The minimum atomic E-state index is -0.549. The Hall–Kier alpha value is -3.14. The molecule has 2 aliphatic rings. The number of aromatic nitrogens is 5. The number of anilines is 3. The molecule has 1 aliphatic carbocycles. The first-order chi connectivity index (χ1) is 16.1. The average Bonchev–Trinajstić information content (AvgIpc) is 3.43. The SMILES string of the molecule is CC1(C)CC(Nc2nc(Nc3cc(-n4ccnn4)c(C4CC4)cc3F)ncc2F)CC(C)(C)N1. The summed E-state index contributed by atoms with van der Waals surface area (Å²) in [6.07, 6.45) is 8.06. The van der Waals surface area contributed by atoms with E-state index in [4.69, 9.17) is 0 Å². The van der Waals surface area contributed by atoms with Crippen molar-refractivity contribution in [3.8, 4) is 5.69 Å². The summed E-state index contributed by atoms with van der Waals surface area (Å²) in [6.45, 7) is 8.53. The Kier molecular flexibility index (Phi) is 5.50. The van der Waals surface area contributed by atoms with Crippen molar-refractivity contribution in [2.24, 2.45) is 0 Å². The number of halogens is 2. The van der Waals surface area contributed by atoms with Crippen LogP contribution in [-0.4, -0.2) is 42.1 Å². The van der Waals surface area contributed by atoms with Crippen LogP contribution >= 0.6 is 0 Å². The molecule has 180 valence electrons. The standard InChI is InChI=1S/C24H30F2N8/c1-23(2)11-15(12-24(3,4)32-23)29-21-18(26)13-27-22(31-21)30-19-10-20(34-8-7-28-33-34)16(9-17(19)25)14-5-6-14/h7-10,13-15,32H,5-6,11-12H2,1-4H3,(H2,27,29,30,31). The van der Waals surface area contributed by atoms with Crippen molar-refractivity contribution >= 4 is 17.5 Å². The molecule has 0 radical (unpaired) electrons. The normalized spacial score (nSPS) is 19.7. The van der Waals surface area contributed by atoms with Crippen LogP contribution in [0, 0.1) is 11.6 Å². The van der Waals surface area contributed by atoms with E-state index in [-0.39, 0.29) is 34.6 Å². The molecule has 1 aromatic carbocycles. The number of nitrogens with one attached hydrogen (secondary N) is 3. The van der Waals surface area contributed by atoms with Crippen LogP contribution in [0.5, 0.6) is 0 Å². The van der Waals surface area contributed by atoms with E-state index in [1.807, 2.05) is 0 Å². The molecule has 0 amide bonds. The van der Waals surface area contributed by atoms with Gasteiger partial charge in [-0.15, -0.1) is 5.10 Å². The van der Waals surface area contributed by atoms with Crippen molar-refractivity contribution in [1.29, 1.82) is 0 Å². The van der Waals surface area contributed by atoms with Gasteiger partial charge in [0.2, 0.25) is 5.95 Å². The zero-order valence-corrected chi connectivity index (χ0v) is 19.9. The second kappa shape index (κ2) is 8.26. The molecule has 5 rings (SSSR count). The van der Waals surface area contributed by atoms with Crippen molar-refractivity contribution in [1.82, 2.24) is 30.3 Å². The quantitative estimate of drug-likeness (QED) is 0.484. The molecule has 0 unspecified atom stereocenters. The molecule has 1 saturated carbocycles. The van der Waals surface area contributed by atoms with E-state index >= 15 is 4.39 Å². The zero-order chi connectivity index (χ0) is 24.1. The molecule has 0 spiro atoms. The molecule has 0 atom stereocenters. The Bertz CT molecular complexity index is 1170. The van der Waals surface area contributed by atoms with Gasteiger partial charge in [-0.2, -0.15) is 4.98 Å². The Balaban J connectivity index is 1.41. The molecule has 2 fully saturated rings. The van der Waals surface area contributed by atoms with Gasteiger partial charge in [-0.3, -0.25) is 0 Å². The van der Waals surface area contributed by atoms with Crippen LogP contribution in [0.2, 0.25) is 0 Å². The molecule has 10 heteroatoms. The minimum absolute atomic E-state index is 0.0250. The highest BCUT2D eigenvalue weighted by Gasteiger charge is 2.38. The molecular formula is C24H30F2N8. The fourth-order valence-corrected chi connectivity index (χ4v) is 5.20. The van der Waals surface area contributed by atoms with E-state index in [0.717, 1.165) is 43.1 Å². The lowest BCUT2D eigenvalue weighted by atomic mass is 9.79. The van der Waals surface area contributed by atoms with E-state index in [0.29, 0.717) is 5.92 Å². The van der Waals surface area contributed by atoms with E-state index < -0.39 is 11.6 Å². The van der Waals surface area contributed by atoms with Crippen LogP contribution in [0.25, 0.3) is 5.69 Å². The monoisotopic (exact) mass is 468 g/mol. The van der Waals surface area contributed by atoms with Crippen LogP contribution in [0.4, 0.5) is 26.2 Å². The van der Waals surface area contributed by atoms with E-state index in [1.54, 1.807) is 23.1 Å². The largest absolute Gasteiger partial charge is 0.365 e. The third-order valence-electron chi connectivity index (χ3n) is 6.32. The van der Waals surface area contributed by atoms with Crippen molar-refractivity contribution in [3.05, 3.63) is 47.9 Å². The lowest BCUT2D eigenvalue weighted by molar-refractivity contribution is 0.170. The van der Waals surface area contributed by atoms with Crippen LogP contribution in [0.3, 0.4) is 0 Å². The summed E-state index contributed by atoms with van der Waals surface area (Å²) >= 11 is 0. The molecule has 0 bridgehead atoms. The van der Waals surface area contributed by atoms with Crippen LogP contribution in [0.1, 0.15) is 64.9 Å². The fourth-order valence-electron chi connectivity index (χ4n) is 5.20. The Morgan fingerprint density at radius 3 is 2.44 bits per heavy atom. The number of hydrogen-bond donors (Lipinski definition) is 3. The summed E-state index contributed by atoms with van der Waals surface area (Å²) in [4.78, 5) is 8.37. The van der Waals surface area contributed by atoms with Gasteiger partial charge in [0, 0.05) is 17.1 Å². The number of nitrogens with zero attached hydrogens (tertiary/aromatic N) is 5. The van der Waals surface area contributed by atoms with Gasteiger partial charge < -0.3 is 16.0 Å². The molecular weight excluding hydrogens is 438 g/mol. The first-order valence-corrected chi connectivity index (χ1v) is 11.6. The fraction of sp³-hybridized carbons (Fsp3) is 0.500. The van der Waals surface area contributed by atoms with Gasteiger partial charge in [-0.05, 0) is 77.0 Å². The molecule has 34 heavy (non-hydrogen) atoms. The maximum absolute atomic E-state index is 15.0. The lowest BCUT2D eigenvalue weighted by Gasteiger charge is -2.46. The van der Waals surface area contributed by atoms with Gasteiger partial charge in [0.05, 0.1) is 30.0 Å². The van der Waals surface area contributed by atoms with E-state index in [1.165, 1.54) is 6.07 Å². The molecule has 1 saturated heterocycles. The highest BCUT2D eigenvalue weighted by atomic mass is 19.1. The van der Waals surface area contributed by atoms with Gasteiger partial charge in [0.1, 0.15) is 5.82 Å². The van der Waals surface area contributed by atoms with Gasteiger partial charge >= 0.3 is 0 Å². The maximum atomic E-state index is 15.0. The predicted octanol–water partition coefficient (Wildman–Crippen LogP) is 4.68. The van der Waals surface area contributed by atoms with Crippen molar-refractivity contribution < 1.29 is 8.78 Å². The summed E-state index contributed by atoms with van der Waals surface area (Å²) in [7, 11) is 0. The second-order valence-electron chi connectivity index (χ2n) is 10.7. The smallest absolute Gasteiger partial charge is 0.229 e. The minimum Gasteiger partial charge on any atom is -0.365 e. The molecule has 2 aromatic heterocycles. The van der Waals surface area contributed by atoms with Crippen LogP contribution in [-0.2, 0) is 0 Å². The summed E-state index contributed by atoms with van der Waals surface area (Å²) in [5.74, 6) is -0.441. The zero-order valence-electron chi connectivity index (χ0n) is 19.9. The van der Waals surface area contributed by atoms with Crippen LogP contribution < -0.4 is 16.0 Å². The lowest BCUT2D eigenvalue weighted by Crippen LogP contribution is -2.60. The summed E-state index contributed by atoms with van der Waals surface area (Å²) in [6, 6.07) is 3.23. The number of rotatable bonds is 6. The Morgan fingerprint density at radius 1 is 1.06 bits per heavy atom. The summed E-state index contributed by atoms with van der Waals surface area (Å²) < 4.78 is 31.2. The average molecular weight is 469 g/mol. The molecule has 1 aliphatic heterocycles.